The summed E-state index contributed by atoms with van der Waals surface area (Å²) in [6.45, 7) is 5.85. The first-order chi connectivity index (χ1) is 12.4. The van der Waals surface area contributed by atoms with Crippen LogP contribution < -0.4 is 10.6 Å². The van der Waals surface area contributed by atoms with Gasteiger partial charge < -0.3 is 10.6 Å². The highest BCUT2D eigenvalue weighted by Crippen LogP contribution is 2.21. The molecule has 1 heterocycles. The molecule has 0 saturated heterocycles. The van der Waals surface area contributed by atoms with Crippen molar-refractivity contribution in [3.8, 4) is 0 Å². The number of hydrogen-bond donors (Lipinski definition) is 2. The van der Waals surface area contributed by atoms with Crippen LogP contribution in [0.4, 0.5) is 17.3 Å². The Balaban J connectivity index is 1.85. The summed E-state index contributed by atoms with van der Waals surface area (Å²) in [5, 5.41) is 6.55. The molecular formula is C20H19ClN4O. The minimum atomic E-state index is -0.318. The lowest BCUT2D eigenvalue weighted by Crippen LogP contribution is -2.15. The van der Waals surface area contributed by atoms with E-state index in [0.717, 1.165) is 16.8 Å². The number of aryl methyl sites for hydroxylation is 3. The van der Waals surface area contributed by atoms with Gasteiger partial charge in [0, 0.05) is 22.1 Å². The molecule has 0 saturated carbocycles. The van der Waals surface area contributed by atoms with Gasteiger partial charge in [-0.25, -0.2) is 9.97 Å². The van der Waals surface area contributed by atoms with Crippen LogP contribution >= 0.6 is 11.6 Å². The molecule has 1 aromatic heterocycles. The Kier molecular flexibility index (Phi) is 5.19. The average Bonchev–Trinajstić information content (AvgIpc) is 2.57. The molecule has 0 aliphatic rings. The molecule has 2 N–H and O–H groups in total. The Morgan fingerprint density at radius 2 is 1.81 bits per heavy atom. The van der Waals surface area contributed by atoms with Crippen LogP contribution in [0.3, 0.4) is 0 Å². The second kappa shape index (κ2) is 7.54. The standard InChI is InChI=1S/C20H19ClN4O/c1-12-7-8-13(2)17(9-12)24-20-22-14(3)10-18(25-20)19(26)23-16-6-4-5-15(21)11-16/h4-11H,1-3H3,(H,23,26)(H,22,24,25). The molecule has 1 amide bonds. The lowest BCUT2D eigenvalue weighted by atomic mass is 10.1. The molecule has 132 valence electrons. The van der Waals surface area contributed by atoms with Crippen LogP contribution in [0.15, 0.2) is 48.5 Å². The first-order valence-electron chi connectivity index (χ1n) is 8.17. The highest BCUT2D eigenvalue weighted by Gasteiger charge is 2.12. The van der Waals surface area contributed by atoms with E-state index < -0.39 is 0 Å². The lowest BCUT2D eigenvalue weighted by molar-refractivity contribution is 0.102. The Morgan fingerprint density at radius 3 is 2.58 bits per heavy atom. The van der Waals surface area contributed by atoms with E-state index in [2.05, 4.69) is 20.6 Å². The zero-order valence-corrected chi connectivity index (χ0v) is 15.6. The predicted molar refractivity (Wildman–Crippen MR) is 105 cm³/mol. The molecule has 0 fully saturated rings. The molecule has 3 aromatic rings. The number of halogens is 1. The Labute approximate surface area is 157 Å². The summed E-state index contributed by atoms with van der Waals surface area (Å²) in [5.74, 6) is 0.0664. The van der Waals surface area contributed by atoms with Crippen LogP contribution in [0.1, 0.15) is 27.3 Å². The van der Waals surface area contributed by atoms with Crippen molar-refractivity contribution in [2.45, 2.75) is 20.8 Å². The van der Waals surface area contributed by atoms with Crippen LogP contribution in [-0.2, 0) is 0 Å². The van der Waals surface area contributed by atoms with Crippen LogP contribution in [0.5, 0.6) is 0 Å². The molecule has 26 heavy (non-hydrogen) atoms. The van der Waals surface area contributed by atoms with Crippen molar-refractivity contribution >= 4 is 34.8 Å². The van der Waals surface area contributed by atoms with Gasteiger partial charge in [0.2, 0.25) is 5.95 Å². The second-order valence-electron chi connectivity index (χ2n) is 6.13. The number of carbonyl (C=O) groups excluding carboxylic acids is 1. The zero-order valence-electron chi connectivity index (χ0n) is 14.8. The van der Waals surface area contributed by atoms with E-state index in [9.17, 15) is 4.79 Å². The van der Waals surface area contributed by atoms with E-state index >= 15 is 0 Å². The number of nitrogens with zero attached hydrogens (tertiary/aromatic N) is 2. The Hall–Kier alpha value is -2.92. The fourth-order valence-corrected chi connectivity index (χ4v) is 2.68. The smallest absolute Gasteiger partial charge is 0.274 e. The summed E-state index contributed by atoms with van der Waals surface area (Å²) >= 11 is 5.96. The van der Waals surface area contributed by atoms with Crippen molar-refractivity contribution in [1.82, 2.24) is 9.97 Å². The summed E-state index contributed by atoms with van der Waals surface area (Å²) in [6.07, 6.45) is 0. The summed E-state index contributed by atoms with van der Waals surface area (Å²) in [4.78, 5) is 21.3. The minimum absolute atomic E-state index is 0.283. The van der Waals surface area contributed by atoms with E-state index in [1.165, 1.54) is 0 Å². The summed E-state index contributed by atoms with van der Waals surface area (Å²) in [5.41, 5.74) is 4.71. The molecule has 0 aliphatic heterocycles. The number of rotatable bonds is 4. The number of nitrogens with one attached hydrogen (secondary N) is 2. The molecule has 0 spiro atoms. The van der Waals surface area contributed by atoms with Crippen molar-refractivity contribution in [2.24, 2.45) is 0 Å². The number of amides is 1. The molecule has 2 aromatic carbocycles. The molecule has 0 radical (unpaired) electrons. The van der Waals surface area contributed by atoms with Crippen LogP contribution in [0.2, 0.25) is 5.02 Å². The summed E-state index contributed by atoms with van der Waals surface area (Å²) in [6, 6.07) is 14.7. The fourth-order valence-electron chi connectivity index (χ4n) is 2.49. The maximum atomic E-state index is 12.5. The van der Waals surface area contributed by atoms with Crippen LogP contribution in [0.25, 0.3) is 0 Å². The molecular weight excluding hydrogens is 348 g/mol. The Morgan fingerprint density at radius 1 is 1.00 bits per heavy atom. The third kappa shape index (κ3) is 4.37. The number of carbonyl (C=O) groups is 1. The van der Waals surface area contributed by atoms with Gasteiger partial charge in [0.25, 0.3) is 5.91 Å². The van der Waals surface area contributed by atoms with E-state index in [1.807, 2.05) is 39.0 Å². The SMILES string of the molecule is Cc1ccc(C)c(Nc2nc(C)cc(C(=O)Nc3cccc(Cl)c3)n2)c1. The van der Waals surface area contributed by atoms with Crippen molar-refractivity contribution in [3.63, 3.8) is 0 Å². The zero-order chi connectivity index (χ0) is 18.7. The highest BCUT2D eigenvalue weighted by molar-refractivity contribution is 6.30. The molecule has 0 bridgehead atoms. The lowest BCUT2D eigenvalue weighted by Gasteiger charge is -2.11. The number of benzene rings is 2. The molecule has 0 atom stereocenters. The minimum Gasteiger partial charge on any atom is -0.324 e. The first-order valence-corrected chi connectivity index (χ1v) is 8.55. The number of aromatic nitrogens is 2. The van der Waals surface area contributed by atoms with Crippen LogP contribution in [0, 0.1) is 20.8 Å². The molecule has 6 heteroatoms. The first kappa shape index (κ1) is 17.9. The normalized spacial score (nSPS) is 10.5. The van der Waals surface area contributed by atoms with Gasteiger partial charge in [-0.05, 0) is 62.2 Å². The second-order valence-corrected chi connectivity index (χ2v) is 6.56. The maximum absolute atomic E-state index is 12.5. The van der Waals surface area contributed by atoms with Gasteiger partial charge in [-0.3, -0.25) is 4.79 Å². The van der Waals surface area contributed by atoms with Crippen molar-refractivity contribution < 1.29 is 4.79 Å². The average molecular weight is 367 g/mol. The third-order valence-corrected chi connectivity index (χ3v) is 4.04. The van der Waals surface area contributed by atoms with Gasteiger partial charge in [-0.2, -0.15) is 0 Å². The van der Waals surface area contributed by atoms with Gasteiger partial charge in [0.1, 0.15) is 5.69 Å². The quantitative estimate of drug-likeness (QED) is 0.678. The summed E-state index contributed by atoms with van der Waals surface area (Å²) in [7, 11) is 0. The molecule has 3 rings (SSSR count). The van der Waals surface area contributed by atoms with E-state index in [1.54, 1.807) is 30.3 Å². The van der Waals surface area contributed by atoms with E-state index in [4.69, 9.17) is 11.6 Å². The topological polar surface area (TPSA) is 66.9 Å². The molecule has 0 unspecified atom stereocenters. The number of hydrogen-bond acceptors (Lipinski definition) is 4. The van der Waals surface area contributed by atoms with Gasteiger partial charge in [0.15, 0.2) is 0 Å². The summed E-state index contributed by atoms with van der Waals surface area (Å²) < 4.78 is 0. The van der Waals surface area contributed by atoms with Crippen molar-refractivity contribution in [3.05, 3.63) is 76.1 Å². The van der Waals surface area contributed by atoms with E-state index in [0.29, 0.717) is 22.4 Å². The largest absolute Gasteiger partial charge is 0.324 e. The molecule has 5 nitrogen and oxygen atoms in total. The van der Waals surface area contributed by atoms with Gasteiger partial charge in [-0.15, -0.1) is 0 Å². The predicted octanol–water partition coefficient (Wildman–Crippen LogP) is 5.05. The van der Waals surface area contributed by atoms with Crippen LogP contribution in [-0.4, -0.2) is 15.9 Å². The van der Waals surface area contributed by atoms with Gasteiger partial charge >= 0.3 is 0 Å². The molecule has 0 aliphatic carbocycles. The van der Waals surface area contributed by atoms with Gasteiger partial charge in [0.05, 0.1) is 0 Å². The van der Waals surface area contributed by atoms with Crippen molar-refractivity contribution in [1.29, 1.82) is 0 Å². The highest BCUT2D eigenvalue weighted by atomic mass is 35.5. The van der Waals surface area contributed by atoms with Crippen molar-refractivity contribution in [2.75, 3.05) is 10.6 Å². The van der Waals surface area contributed by atoms with E-state index in [-0.39, 0.29) is 11.6 Å². The monoisotopic (exact) mass is 366 g/mol. The maximum Gasteiger partial charge on any atom is 0.274 e. The third-order valence-electron chi connectivity index (χ3n) is 3.81. The van der Waals surface area contributed by atoms with Gasteiger partial charge in [-0.1, -0.05) is 29.8 Å². The Bertz CT molecular complexity index is 972. The number of anilines is 3. The fraction of sp³-hybridized carbons (Fsp3) is 0.150.